The van der Waals surface area contributed by atoms with E-state index in [1.54, 1.807) is 11.1 Å². The Morgan fingerprint density at radius 3 is 2.68 bits per heavy atom. The van der Waals surface area contributed by atoms with Crippen LogP contribution in [-0.4, -0.2) is 24.4 Å². The van der Waals surface area contributed by atoms with Gasteiger partial charge in [-0.3, -0.25) is 4.79 Å². The Labute approximate surface area is 148 Å². The average molecular weight is 331 g/mol. The number of hydrogen-bond donors (Lipinski definition) is 0. The summed E-state index contributed by atoms with van der Waals surface area (Å²) in [5.74, 6) is -0.227. The summed E-state index contributed by atoms with van der Waals surface area (Å²) < 4.78 is 0. The van der Waals surface area contributed by atoms with E-state index in [9.17, 15) is 10.1 Å². The van der Waals surface area contributed by atoms with Gasteiger partial charge in [0.25, 0.3) is 5.91 Å². The van der Waals surface area contributed by atoms with Gasteiger partial charge in [0.1, 0.15) is 11.6 Å². The molecule has 25 heavy (non-hydrogen) atoms. The molecule has 0 saturated carbocycles. The summed E-state index contributed by atoms with van der Waals surface area (Å²) >= 11 is 0. The zero-order chi connectivity index (χ0) is 17.6. The summed E-state index contributed by atoms with van der Waals surface area (Å²) in [7, 11) is 1.88. The molecule has 126 valence electrons. The van der Waals surface area contributed by atoms with Crippen LogP contribution in [0.2, 0.25) is 0 Å². The zero-order valence-corrected chi connectivity index (χ0v) is 14.4. The van der Waals surface area contributed by atoms with Crippen molar-refractivity contribution in [3.05, 3.63) is 77.5 Å². The third-order valence-electron chi connectivity index (χ3n) is 4.33. The first kappa shape index (κ1) is 16.8. The lowest BCUT2D eigenvalue weighted by Gasteiger charge is -2.29. The predicted molar refractivity (Wildman–Crippen MR) is 98.7 cm³/mol. The number of amides is 1. The van der Waals surface area contributed by atoms with Gasteiger partial charge >= 0.3 is 0 Å². The number of nitrogens with zero attached hydrogens (tertiary/aromatic N) is 3. The Morgan fingerprint density at radius 2 is 1.92 bits per heavy atom. The highest BCUT2D eigenvalue weighted by atomic mass is 16.2. The molecule has 0 aliphatic carbocycles. The first-order valence-electron chi connectivity index (χ1n) is 8.45. The second kappa shape index (κ2) is 7.67. The standard InChI is InChI=1S/C21H21N3O/c1-23(15-17-8-3-2-4-9-17)16-19(14-22)21(25)24-13-7-11-18-10-5-6-12-20(18)24/h2-6,8-10,12,16H,7,11,13,15H2,1H3/b19-16-. The maximum Gasteiger partial charge on any atom is 0.270 e. The molecule has 2 aromatic rings. The lowest BCUT2D eigenvalue weighted by molar-refractivity contribution is -0.114. The Hall–Kier alpha value is -3.06. The lowest BCUT2D eigenvalue weighted by atomic mass is 10.0. The molecule has 0 N–H and O–H groups in total. The van der Waals surface area contributed by atoms with Gasteiger partial charge in [-0.05, 0) is 30.0 Å². The molecule has 0 atom stereocenters. The molecule has 0 bridgehead atoms. The molecule has 0 fully saturated rings. The smallest absolute Gasteiger partial charge is 0.270 e. The summed E-state index contributed by atoms with van der Waals surface area (Å²) in [5, 5.41) is 9.50. The van der Waals surface area contributed by atoms with Crippen molar-refractivity contribution in [1.82, 2.24) is 4.90 Å². The Bertz CT molecular complexity index is 821. The van der Waals surface area contributed by atoms with Gasteiger partial charge in [-0.15, -0.1) is 0 Å². The van der Waals surface area contributed by atoms with E-state index < -0.39 is 0 Å². The number of hydrogen-bond acceptors (Lipinski definition) is 3. The number of nitriles is 1. The first-order valence-corrected chi connectivity index (χ1v) is 8.45. The largest absolute Gasteiger partial charge is 0.375 e. The molecule has 1 aliphatic heterocycles. The number of carbonyl (C=O) groups excluding carboxylic acids is 1. The van der Waals surface area contributed by atoms with E-state index in [2.05, 4.69) is 6.07 Å². The molecule has 0 radical (unpaired) electrons. The fourth-order valence-corrected chi connectivity index (χ4v) is 3.16. The third kappa shape index (κ3) is 3.89. The average Bonchev–Trinajstić information content (AvgIpc) is 2.66. The minimum atomic E-state index is -0.227. The summed E-state index contributed by atoms with van der Waals surface area (Å²) in [6.07, 6.45) is 3.54. The monoisotopic (exact) mass is 331 g/mol. The fourth-order valence-electron chi connectivity index (χ4n) is 3.16. The third-order valence-corrected chi connectivity index (χ3v) is 4.33. The van der Waals surface area contributed by atoms with Gasteiger partial charge in [-0.2, -0.15) is 5.26 Å². The van der Waals surface area contributed by atoms with Crippen molar-refractivity contribution in [2.24, 2.45) is 0 Å². The highest BCUT2D eigenvalue weighted by molar-refractivity contribution is 6.08. The molecule has 1 heterocycles. The van der Waals surface area contributed by atoms with E-state index >= 15 is 0 Å². The van der Waals surface area contributed by atoms with Gasteiger partial charge in [0.15, 0.2) is 0 Å². The maximum absolute atomic E-state index is 12.9. The molecule has 4 heteroatoms. The maximum atomic E-state index is 12.9. The van der Waals surface area contributed by atoms with Gasteiger partial charge in [-0.25, -0.2) is 0 Å². The number of fused-ring (bicyclic) bond motifs is 1. The minimum absolute atomic E-state index is 0.162. The van der Waals surface area contributed by atoms with Gasteiger partial charge in [0.05, 0.1) is 0 Å². The van der Waals surface area contributed by atoms with Crippen molar-refractivity contribution >= 4 is 11.6 Å². The van der Waals surface area contributed by atoms with Crippen molar-refractivity contribution in [2.75, 3.05) is 18.5 Å². The number of rotatable bonds is 4. The van der Waals surface area contributed by atoms with Crippen LogP contribution < -0.4 is 4.90 Å². The molecule has 0 spiro atoms. The SMILES string of the molecule is CN(/C=C(/C#N)C(=O)N1CCCc2ccccc21)Cc1ccccc1. The fraction of sp³-hybridized carbons (Fsp3) is 0.238. The molecule has 2 aromatic carbocycles. The van der Waals surface area contributed by atoms with Crippen LogP contribution in [0.25, 0.3) is 0 Å². The number of aryl methyl sites for hydroxylation is 1. The summed E-state index contributed by atoms with van der Waals surface area (Å²) in [6, 6.07) is 20.0. The van der Waals surface area contributed by atoms with Crippen molar-refractivity contribution < 1.29 is 4.79 Å². The number of benzene rings is 2. The summed E-state index contributed by atoms with van der Waals surface area (Å²) in [6.45, 7) is 1.30. The van der Waals surface area contributed by atoms with E-state index in [1.807, 2.05) is 66.5 Å². The summed E-state index contributed by atoms with van der Waals surface area (Å²) in [4.78, 5) is 16.5. The normalized spacial score (nSPS) is 13.8. The van der Waals surface area contributed by atoms with Crippen molar-refractivity contribution in [2.45, 2.75) is 19.4 Å². The van der Waals surface area contributed by atoms with Crippen molar-refractivity contribution in [3.63, 3.8) is 0 Å². The second-order valence-corrected chi connectivity index (χ2v) is 6.24. The molecule has 0 saturated heterocycles. The van der Waals surface area contributed by atoms with E-state index in [0.717, 1.165) is 29.7 Å². The molecule has 0 aromatic heterocycles. The molecule has 3 rings (SSSR count). The van der Waals surface area contributed by atoms with Crippen LogP contribution in [0.4, 0.5) is 5.69 Å². The van der Waals surface area contributed by atoms with Gasteiger partial charge < -0.3 is 9.80 Å². The summed E-state index contributed by atoms with van der Waals surface area (Å²) in [5.41, 5.74) is 3.38. The van der Waals surface area contributed by atoms with Gasteiger partial charge in [0, 0.05) is 32.0 Å². The van der Waals surface area contributed by atoms with Crippen molar-refractivity contribution in [1.29, 1.82) is 5.26 Å². The Morgan fingerprint density at radius 1 is 1.20 bits per heavy atom. The molecular formula is C21H21N3O. The van der Waals surface area contributed by atoms with Crippen LogP contribution in [0.15, 0.2) is 66.4 Å². The van der Waals surface area contributed by atoms with E-state index in [1.165, 1.54) is 0 Å². The highest BCUT2D eigenvalue weighted by Crippen LogP contribution is 2.27. The van der Waals surface area contributed by atoms with Crippen LogP contribution in [-0.2, 0) is 17.8 Å². The van der Waals surface area contributed by atoms with E-state index in [0.29, 0.717) is 13.1 Å². The number of carbonyl (C=O) groups is 1. The van der Waals surface area contributed by atoms with E-state index in [4.69, 9.17) is 0 Å². The molecule has 4 nitrogen and oxygen atoms in total. The van der Waals surface area contributed by atoms with Crippen LogP contribution in [0.3, 0.4) is 0 Å². The zero-order valence-electron chi connectivity index (χ0n) is 14.4. The predicted octanol–water partition coefficient (Wildman–Crippen LogP) is 3.51. The Kier molecular flexibility index (Phi) is 5.15. The molecular weight excluding hydrogens is 310 g/mol. The quantitative estimate of drug-likeness (QED) is 0.636. The van der Waals surface area contributed by atoms with Crippen molar-refractivity contribution in [3.8, 4) is 6.07 Å². The van der Waals surface area contributed by atoms with Crippen LogP contribution in [0, 0.1) is 11.3 Å². The molecule has 1 aliphatic rings. The van der Waals surface area contributed by atoms with Gasteiger partial charge in [-0.1, -0.05) is 48.5 Å². The Balaban J connectivity index is 1.79. The van der Waals surface area contributed by atoms with Crippen LogP contribution in [0.5, 0.6) is 0 Å². The minimum Gasteiger partial charge on any atom is -0.375 e. The van der Waals surface area contributed by atoms with Crippen LogP contribution in [0.1, 0.15) is 17.5 Å². The topological polar surface area (TPSA) is 47.3 Å². The molecule has 1 amide bonds. The molecule has 0 unspecified atom stereocenters. The lowest BCUT2D eigenvalue weighted by Crippen LogP contribution is -2.36. The highest BCUT2D eigenvalue weighted by Gasteiger charge is 2.25. The van der Waals surface area contributed by atoms with Crippen LogP contribution >= 0.6 is 0 Å². The number of para-hydroxylation sites is 1. The first-order chi connectivity index (χ1) is 12.2. The van der Waals surface area contributed by atoms with Gasteiger partial charge in [0.2, 0.25) is 0 Å². The van der Waals surface area contributed by atoms with E-state index in [-0.39, 0.29) is 11.5 Å². The second-order valence-electron chi connectivity index (χ2n) is 6.24. The number of anilines is 1.